The Labute approximate surface area is 236 Å². The average Bonchev–Trinajstić information content (AvgIpc) is 3.26. The topological polar surface area (TPSA) is 76.2 Å². The maximum Gasteiger partial charge on any atom is 0.415 e. The predicted molar refractivity (Wildman–Crippen MR) is 145 cm³/mol. The van der Waals surface area contributed by atoms with Crippen molar-refractivity contribution in [2.75, 3.05) is 31.1 Å². The standard InChI is InChI=1S/C30H31F3N2O3.CO2/c1-4-37-26-16-21(23(15-20(26)3)22-9-10-24(31)28(33)27(22)32)17-34-13-11-30(12-14-34)18-35(29(36)38-30)25-8-6-5-7-19(25)2;2-1-3/h5-10,15-16H,4,11-14,17-18H2,1-3H3;. The molecule has 1 spiro atoms. The van der Waals surface area contributed by atoms with Crippen molar-refractivity contribution < 1.29 is 37.0 Å². The zero-order valence-electron chi connectivity index (χ0n) is 23.1. The minimum atomic E-state index is -1.49. The smallest absolute Gasteiger partial charge is 0.415 e. The number of ether oxygens (including phenoxy) is 2. The zero-order chi connectivity index (χ0) is 29.7. The molecule has 216 valence electrons. The molecule has 0 bridgehead atoms. The van der Waals surface area contributed by atoms with Gasteiger partial charge in [0.15, 0.2) is 17.5 Å². The maximum absolute atomic E-state index is 14.8. The molecule has 2 aliphatic rings. The Morgan fingerprint density at radius 3 is 2.29 bits per heavy atom. The maximum atomic E-state index is 14.8. The summed E-state index contributed by atoms with van der Waals surface area (Å²) in [6, 6.07) is 13.6. The first-order chi connectivity index (χ1) is 19.6. The van der Waals surface area contributed by atoms with Gasteiger partial charge in [0, 0.05) is 38.0 Å². The Hall–Kier alpha value is -4.14. The van der Waals surface area contributed by atoms with E-state index < -0.39 is 23.1 Å². The number of likely N-dealkylation sites (tertiary alicyclic amines) is 1. The third-order valence-electron chi connectivity index (χ3n) is 7.56. The number of halogens is 3. The molecule has 41 heavy (non-hydrogen) atoms. The van der Waals surface area contributed by atoms with Gasteiger partial charge in [-0.25, -0.2) is 18.0 Å². The highest BCUT2D eigenvalue weighted by molar-refractivity contribution is 5.91. The number of hydrogen-bond donors (Lipinski definition) is 0. The molecule has 0 unspecified atom stereocenters. The molecule has 0 atom stereocenters. The van der Waals surface area contributed by atoms with Crippen LogP contribution >= 0.6 is 0 Å². The number of benzene rings is 3. The number of amides is 1. The third-order valence-corrected chi connectivity index (χ3v) is 7.56. The van der Waals surface area contributed by atoms with Gasteiger partial charge in [-0.15, -0.1) is 0 Å². The van der Waals surface area contributed by atoms with Crippen LogP contribution in [0.1, 0.15) is 36.5 Å². The second-order valence-corrected chi connectivity index (χ2v) is 10.2. The normalized spacial score (nSPS) is 16.1. The molecule has 7 nitrogen and oxygen atoms in total. The number of piperidine rings is 1. The summed E-state index contributed by atoms with van der Waals surface area (Å²) in [4.78, 5) is 32.9. The van der Waals surface area contributed by atoms with Crippen LogP contribution in [0.4, 0.5) is 23.7 Å². The van der Waals surface area contributed by atoms with Crippen LogP contribution in [0.15, 0.2) is 48.5 Å². The number of hydrogen-bond acceptors (Lipinski definition) is 6. The first-order valence-corrected chi connectivity index (χ1v) is 13.3. The quantitative estimate of drug-likeness (QED) is 0.330. The molecule has 2 saturated heterocycles. The van der Waals surface area contributed by atoms with Gasteiger partial charge in [-0.1, -0.05) is 18.2 Å². The highest BCUT2D eigenvalue weighted by Gasteiger charge is 2.47. The van der Waals surface area contributed by atoms with E-state index >= 15 is 0 Å². The lowest BCUT2D eigenvalue weighted by Crippen LogP contribution is -2.46. The van der Waals surface area contributed by atoms with Crippen LogP contribution in [-0.4, -0.2) is 49.0 Å². The van der Waals surface area contributed by atoms with E-state index in [0.29, 0.717) is 56.9 Å². The number of anilines is 1. The Morgan fingerprint density at radius 2 is 1.63 bits per heavy atom. The Balaban J connectivity index is 0.00000124. The second-order valence-electron chi connectivity index (χ2n) is 10.2. The number of aryl methyl sites for hydroxylation is 2. The van der Waals surface area contributed by atoms with Gasteiger partial charge in [-0.2, -0.15) is 9.59 Å². The number of nitrogens with zero attached hydrogens (tertiary/aromatic N) is 2. The van der Waals surface area contributed by atoms with Crippen LogP contribution < -0.4 is 9.64 Å². The lowest BCUT2D eigenvalue weighted by molar-refractivity contribution is -0.191. The molecule has 5 rings (SSSR count). The summed E-state index contributed by atoms with van der Waals surface area (Å²) in [6.45, 7) is 8.44. The highest BCUT2D eigenvalue weighted by atomic mass is 19.2. The summed E-state index contributed by atoms with van der Waals surface area (Å²) in [5.74, 6) is -3.24. The predicted octanol–water partition coefficient (Wildman–Crippen LogP) is 6.19. The summed E-state index contributed by atoms with van der Waals surface area (Å²) in [5, 5.41) is 0. The molecule has 10 heteroatoms. The van der Waals surface area contributed by atoms with E-state index in [9.17, 15) is 18.0 Å². The van der Waals surface area contributed by atoms with Crippen LogP contribution in [0.5, 0.6) is 5.75 Å². The molecule has 3 aromatic rings. The first-order valence-electron chi connectivity index (χ1n) is 13.3. The van der Waals surface area contributed by atoms with Gasteiger partial charge in [-0.3, -0.25) is 9.80 Å². The van der Waals surface area contributed by atoms with Gasteiger partial charge < -0.3 is 9.47 Å². The molecule has 1 amide bonds. The molecular formula is C31H31F3N2O5. The Bertz CT molecular complexity index is 1460. The largest absolute Gasteiger partial charge is 0.494 e. The molecule has 0 aliphatic carbocycles. The molecule has 3 aromatic carbocycles. The average molecular weight is 569 g/mol. The molecular weight excluding hydrogens is 537 g/mol. The third kappa shape index (κ3) is 6.29. The Kier molecular flexibility index (Phi) is 9.15. The first kappa shape index (κ1) is 29.8. The van der Waals surface area contributed by atoms with Crippen molar-refractivity contribution in [1.29, 1.82) is 0 Å². The zero-order valence-corrected chi connectivity index (χ0v) is 23.1. The minimum absolute atomic E-state index is 0.0112. The fourth-order valence-corrected chi connectivity index (χ4v) is 5.45. The van der Waals surface area contributed by atoms with E-state index in [0.717, 1.165) is 28.4 Å². The van der Waals surface area contributed by atoms with Crippen molar-refractivity contribution >= 4 is 17.9 Å². The van der Waals surface area contributed by atoms with Crippen molar-refractivity contribution in [3.8, 4) is 16.9 Å². The van der Waals surface area contributed by atoms with Gasteiger partial charge in [0.2, 0.25) is 0 Å². The number of carbonyl (C=O) groups excluding carboxylic acids is 3. The number of carbonyl (C=O) groups is 1. The van der Waals surface area contributed by atoms with Gasteiger partial charge in [0.25, 0.3) is 0 Å². The fraction of sp³-hybridized carbons (Fsp3) is 0.355. The van der Waals surface area contributed by atoms with E-state index in [1.54, 1.807) is 11.0 Å². The molecule has 2 aliphatic heterocycles. The van der Waals surface area contributed by atoms with E-state index in [-0.39, 0.29) is 17.8 Å². The van der Waals surface area contributed by atoms with Crippen LogP contribution in [0.25, 0.3) is 11.1 Å². The second kappa shape index (κ2) is 12.6. The minimum Gasteiger partial charge on any atom is -0.494 e. The molecule has 0 N–H and O–H groups in total. The molecule has 2 heterocycles. The van der Waals surface area contributed by atoms with Crippen LogP contribution in [-0.2, 0) is 20.9 Å². The summed E-state index contributed by atoms with van der Waals surface area (Å²) >= 11 is 0. The van der Waals surface area contributed by atoms with Crippen molar-refractivity contribution in [2.45, 2.75) is 45.8 Å². The molecule has 2 fully saturated rings. The van der Waals surface area contributed by atoms with Gasteiger partial charge in [-0.05, 0) is 73.4 Å². The van der Waals surface area contributed by atoms with Crippen LogP contribution in [0.2, 0.25) is 0 Å². The fourth-order valence-electron chi connectivity index (χ4n) is 5.45. The van der Waals surface area contributed by atoms with Gasteiger partial charge >= 0.3 is 12.2 Å². The van der Waals surface area contributed by atoms with Crippen molar-refractivity contribution in [3.05, 3.63) is 82.7 Å². The Morgan fingerprint density at radius 1 is 0.951 bits per heavy atom. The van der Waals surface area contributed by atoms with Crippen LogP contribution in [0, 0.1) is 31.3 Å². The van der Waals surface area contributed by atoms with Crippen molar-refractivity contribution in [3.63, 3.8) is 0 Å². The van der Waals surface area contributed by atoms with Crippen molar-refractivity contribution in [2.24, 2.45) is 0 Å². The van der Waals surface area contributed by atoms with Gasteiger partial charge in [0.05, 0.1) is 18.8 Å². The molecule has 0 saturated carbocycles. The molecule has 0 aromatic heterocycles. The van der Waals surface area contributed by atoms with Gasteiger partial charge in [0.1, 0.15) is 11.4 Å². The number of rotatable bonds is 6. The SMILES string of the molecule is CCOc1cc(CN2CCC3(CC2)CN(c2ccccc2C)C(=O)O3)c(-c2ccc(F)c(F)c2F)cc1C.O=C=O. The van der Waals surface area contributed by atoms with E-state index in [1.807, 2.05) is 51.1 Å². The highest BCUT2D eigenvalue weighted by Crippen LogP contribution is 2.39. The summed E-state index contributed by atoms with van der Waals surface area (Å²) in [5.41, 5.74) is 3.36. The van der Waals surface area contributed by atoms with Crippen LogP contribution in [0.3, 0.4) is 0 Å². The summed E-state index contributed by atoms with van der Waals surface area (Å²) in [6.07, 6.45) is 1.23. The summed E-state index contributed by atoms with van der Waals surface area (Å²) < 4.78 is 54.3. The monoisotopic (exact) mass is 568 g/mol. The lowest BCUT2D eigenvalue weighted by atomic mass is 9.90. The molecule has 0 radical (unpaired) electrons. The lowest BCUT2D eigenvalue weighted by Gasteiger charge is -2.37. The number of para-hydroxylation sites is 1. The van der Waals surface area contributed by atoms with E-state index in [4.69, 9.17) is 19.1 Å². The van der Waals surface area contributed by atoms with Crippen molar-refractivity contribution in [1.82, 2.24) is 4.90 Å². The van der Waals surface area contributed by atoms with E-state index in [2.05, 4.69) is 4.90 Å². The summed E-state index contributed by atoms with van der Waals surface area (Å²) in [7, 11) is 0. The van der Waals surface area contributed by atoms with E-state index in [1.165, 1.54) is 6.07 Å².